The first-order valence-corrected chi connectivity index (χ1v) is 2.70. The summed E-state index contributed by atoms with van der Waals surface area (Å²) in [7, 11) is 0. The number of hydrogen-bond acceptors (Lipinski definition) is 2. The standard InChI is InChI=1S/C6H12O2/c1-4-5-7-8-6(2)3/h4-6H,1-3H3. The van der Waals surface area contributed by atoms with Crippen molar-refractivity contribution >= 4 is 0 Å². The van der Waals surface area contributed by atoms with Crippen molar-refractivity contribution < 1.29 is 9.78 Å². The first-order valence-electron chi connectivity index (χ1n) is 2.70. The van der Waals surface area contributed by atoms with Gasteiger partial charge in [-0.15, -0.1) is 0 Å². The van der Waals surface area contributed by atoms with Crippen LogP contribution in [0.4, 0.5) is 0 Å². The molecule has 2 nitrogen and oxygen atoms in total. The average Bonchev–Trinajstić information content (AvgIpc) is 1.66. The van der Waals surface area contributed by atoms with Gasteiger partial charge in [0.25, 0.3) is 0 Å². The van der Waals surface area contributed by atoms with Crippen LogP contribution in [0.5, 0.6) is 0 Å². The summed E-state index contributed by atoms with van der Waals surface area (Å²) in [5.74, 6) is 0. The van der Waals surface area contributed by atoms with Crippen molar-refractivity contribution in [1.82, 2.24) is 0 Å². The highest BCUT2D eigenvalue weighted by molar-refractivity contribution is 4.62. The summed E-state index contributed by atoms with van der Waals surface area (Å²) >= 11 is 0. The van der Waals surface area contributed by atoms with E-state index in [2.05, 4.69) is 4.89 Å². The van der Waals surface area contributed by atoms with Gasteiger partial charge in [0.15, 0.2) is 0 Å². The number of hydrogen-bond donors (Lipinski definition) is 0. The van der Waals surface area contributed by atoms with E-state index in [9.17, 15) is 0 Å². The van der Waals surface area contributed by atoms with Gasteiger partial charge in [0.05, 0.1) is 6.10 Å². The maximum absolute atomic E-state index is 4.70. The summed E-state index contributed by atoms with van der Waals surface area (Å²) in [4.78, 5) is 9.26. The van der Waals surface area contributed by atoms with Crippen LogP contribution in [0.25, 0.3) is 0 Å². The fraction of sp³-hybridized carbons (Fsp3) is 0.667. The van der Waals surface area contributed by atoms with Crippen LogP contribution in [-0.4, -0.2) is 6.10 Å². The van der Waals surface area contributed by atoms with E-state index in [1.807, 2.05) is 20.8 Å². The van der Waals surface area contributed by atoms with E-state index in [1.165, 1.54) is 6.26 Å². The van der Waals surface area contributed by atoms with E-state index in [1.54, 1.807) is 6.08 Å². The lowest BCUT2D eigenvalue weighted by molar-refractivity contribution is -0.274. The Hall–Kier alpha value is -0.500. The smallest absolute Gasteiger partial charge is 0.125 e. The van der Waals surface area contributed by atoms with Gasteiger partial charge in [-0.1, -0.05) is 0 Å². The zero-order chi connectivity index (χ0) is 6.41. The van der Waals surface area contributed by atoms with E-state index < -0.39 is 0 Å². The zero-order valence-electron chi connectivity index (χ0n) is 5.55. The predicted octanol–water partition coefficient (Wildman–Crippen LogP) is 1.88. The van der Waals surface area contributed by atoms with Crippen molar-refractivity contribution in [2.24, 2.45) is 0 Å². The summed E-state index contributed by atoms with van der Waals surface area (Å²) in [6.07, 6.45) is 3.40. The van der Waals surface area contributed by atoms with Crippen LogP contribution in [0, 0.1) is 0 Å². The van der Waals surface area contributed by atoms with Gasteiger partial charge in [0.1, 0.15) is 6.26 Å². The van der Waals surface area contributed by atoms with Crippen molar-refractivity contribution in [1.29, 1.82) is 0 Å². The molecule has 0 aromatic heterocycles. The Morgan fingerprint density at radius 1 is 1.38 bits per heavy atom. The maximum Gasteiger partial charge on any atom is 0.125 e. The molecule has 48 valence electrons. The first kappa shape index (κ1) is 7.50. The molecule has 0 aliphatic carbocycles. The molecule has 0 spiro atoms. The first-order chi connectivity index (χ1) is 3.77. The molecule has 0 fully saturated rings. The minimum atomic E-state index is 0.131. The summed E-state index contributed by atoms with van der Waals surface area (Å²) in [6.45, 7) is 5.68. The Morgan fingerprint density at radius 2 is 2.00 bits per heavy atom. The molecule has 0 heterocycles. The molecule has 0 aliphatic heterocycles. The second-order valence-corrected chi connectivity index (χ2v) is 1.71. The van der Waals surface area contributed by atoms with E-state index >= 15 is 0 Å². The van der Waals surface area contributed by atoms with E-state index in [0.717, 1.165) is 0 Å². The minimum Gasteiger partial charge on any atom is -0.346 e. The minimum absolute atomic E-state index is 0.131. The summed E-state index contributed by atoms with van der Waals surface area (Å²) in [5, 5.41) is 0. The summed E-state index contributed by atoms with van der Waals surface area (Å²) < 4.78 is 0. The summed E-state index contributed by atoms with van der Waals surface area (Å²) in [6, 6.07) is 0. The van der Waals surface area contributed by atoms with E-state index in [0.29, 0.717) is 0 Å². The zero-order valence-corrected chi connectivity index (χ0v) is 5.55. The third-order valence-electron chi connectivity index (χ3n) is 0.440. The highest BCUT2D eigenvalue weighted by Gasteiger charge is 1.87. The van der Waals surface area contributed by atoms with E-state index in [-0.39, 0.29) is 6.10 Å². The maximum atomic E-state index is 4.70. The molecule has 0 amide bonds. The van der Waals surface area contributed by atoms with Crippen LogP contribution in [0.3, 0.4) is 0 Å². The Balaban J connectivity index is 2.93. The van der Waals surface area contributed by atoms with E-state index in [4.69, 9.17) is 4.89 Å². The molecular formula is C6H12O2. The van der Waals surface area contributed by atoms with Crippen molar-refractivity contribution in [3.63, 3.8) is 0 Å². The van der Waals surface area contributed by atoms with Gasteiger partial charge < -0.3 is 4.89 Å². The molecule has 0 unspecified atom stereocenters. The van der Waals surface area contributed by atoms with Crippen molar-refractivity contribution in [3.8, 4) is 0 Å². The molecule has 0 atom stereocenters. The van der Waals surface area contributed by atoms with Crippen LogP contribution in [0.15, 0.2) is 12.3 Å². The molecule has 0 radical (unpaired) electrons. The van der Waals surface area contributed by atoms with Crippen molar-refractivity contribution in [2.75, 3.05) is 0 Å². The van der Waals surface area contributed by atoms with Crippen LogP contribution in [0.1, 0.15) is 20.8 Å². The van der Waals surface area contributed by atoms with Crippen LogP contribution < -0.4 is 0 Å². The molecule has 0 aromatic carbocycles. The lowest BCUT2D eigenvalue weighted by Crippen LogP contribution is -1.98. The van der Waals surface area contributed by atoms with Gasteiger partial charge >= 0.3 is 0 Å². The van der Waals surface area contributed by atoms with Gasteiger partial charge in [0, 0.05) is 0 Å². The number of rotatable bonds is 3. The molecule has 0 aliphatic rings. The molecule has 2 heteroatoms. The topological polar surface area (TPSA) is 18.5 Å². The normalized spacial score (nSPS) is 11.0. The monoisotopic (exact) mass is 116 g/mol. The molecule has 0 N–H and O–H groups in total. The van der Waals surface area contributed by atoms with Crippen molar-refractivity contribution in [3.05, 3.63) is 12.3 Å². The van der Waals surface area contributed by atoms with Gasteiger partial charge in [0.2, 0.25) is 0 Å². The summed E-state index contributed by atoms with van der Waals surface area (Å²) in [5.41, 5.74) is 0. The lowest BCUT2D eigenvalue weighted by atomic mass is 10.5. The molecule has 0 aromatic rings. The Bertz CT molecular complexity index is 66.9. The average molecular weight is 116 g/mol. The molecule has 8 heavy (non-hydrogen) atoms. The predicted molar refractivity (Wildman–Crippen MR) is 32.1 cm³/mol. The molecule has 0 bridgehead atoms. The Morgan fingerprint density at radius 3 is 2.38 bits per heavy atom. The van der Waals surface area contributed by atoms with Crippen molar-refractivity contribution in [2.45, 2.75) is 26.9 Å². The second-order valence-electron chi connectivity index (χ2n) is 1.71. The molecule has 0 rings (SSSR count). The number of allylic oxidation sites excluding steroid dienone is 1. The van der Waals surface area contributed by atoms with Gasteiger partial charge in [-0.25, -0.2) is 0 Å². The third kappa shape index (κ3) is 5.50. The molecule has 0 saturated heterocycles. The van der Waals surface area contributed by atoms with Crippen LogP contribution in [-0.2, 0) is 9.78 Å². The van der Waals surface area contributed by atoms with Crippen LogP contribution >= 0.6 is 0 Å². The second kappa shape index (κ2) is 4.65. The highest BCUT2D eigenvalue weighted by atomic mass is 17.2. The Kier molecular flexibility index (Phi) is 4.36. The largest absolute Gasteiger partial charge is 0.346 e. The van der Waals surface area contributed by atoms with Gasteiger partial charge in [-0.05, 0) is 26.8 Å². The third-order valence-corrected chi connectivity index (χ3v) is 0.440. The van der Waals surface area contributed by atoms with Gasteiger partial charge in [-0.2, -0.15) is 4.89 Å². The van der Waals surface area contributed by atoms with Crippen LogP contribution in [0.2, 0.25) is 0 Å². The van der Waals surface area contributed by atoms with Gasteiger partial charge in [-0.3, -0.25) is 0 Å². The highest BCUT2D eigenvalue weighted by Crippen LogP contribution is 1.88. The molecule has 0 saturated carbocycles. The molecular weight excluding hydrogens is 104 g/mol. The fourth-order valence-corrected chi connectivity index (χ4v) is 0.199. The lowest BCUT2D eigenvalue weighted by Gasteiger charge is -2.01. The SMILES string of the molecule is CC=COOC(C)C. The Labute approximate surface area is 50.0 Å². The fourth-order valence-electron chi connectivity index (χ4n) is 0.199. The quantitative estimate of drug-likeness (QED) is 0.318.